The van der Waals surface area contributed by atoms with E-state index >= 15 is 0 Å². The molecule has 6 nitrogen and oxygen atoms in total. The molecule has 3 N–H and O–H groups in total. The first-order chi connectivity index (χ1) is 9.54. The Morgan fingerprint density at radius 1 is 1.25 bits per heavy atom. The average Bonchev–Trinajstić information content (AvgIpc) is 2.48. The molecule has 0 spiro atoms. The number of rotatable bonds is 5. The zero-order chi connectivity index (χ0) is 14.6. The van der Waals surface area contributed by atoms with Crippen LogP contribution >= 0.6 is 0 Å². The minimum Gasteiger partial charge on any atom is -0.308 e. The number of benzene rings is 1. The van der Waals surface area contributed by atoms with Crippen LogP contribution in [0.4, 0.5) is 5.82 Å². The van der Waals surface area contributed by atoms with E-state index in [4.69, 9.17) is 5.84 Å². The van der Waals surface area contributed by atoms with Crippen LogP contribution in [0.5, 0.6) is 0 Å². The second-order valence-electron chi connectivity index (χ2n) is 4.27. The van der Waals surface area contributed by atoms with E-state index in [9.17, 15) is 8.42 Å². The third-order valence-electron chi connectivity index (χ3n) is 2.84. The second-order valence-corrected chi connectivity index (χ2v) is 6.31. The van der Waals surface area contributed by atoms with E-state index in [0.717, 1.165) is 5.56 Å². The van der Waals surface area contributed by atoms with Gasteiger partial charge in [0.1, 0.15) is 5.82 Å². The Hall–Kier alpha value is -1.96. The standard InChI is InChI=1S/C13H16N4O2S/c1-17(10-11-5-3-2-4-6-11)20(18,19)12-7-8-15-13(9-12)16-14/h2-9H,10,14H2,1H3,(H,15,16). The molecule has 0 atom stereocenters. The van der Waals surface area contributed by atoms with Crippen molar-refractivity contribution in [2.75, 3.05) is 12.5 Å². The Bertz CT molecular complexity index is 674. The molecule has 0 saturated heterocycles. The fourth-order valence-electron chi connectivity index (χ4n) is 1.76. The number of hydrogen-bond acceptors (Lipinski definition) is 5. The third-order valence-corrected chi connectivity index (χ3v) is 4.63. The van der Waals surface area contributed by atoms with Crippen molar-refractivity contribution in [3.8, 4) is 0 Å². The van der Waals surface area contributed by atoms with Crippen LogP contribution in [0.2, 0.25) is 0 Å². The first-order valence-electron chi connectivity index (χ1n) is 5.97. The molecule has 0 saturated carbocycles. The lowest BCUT2D eigenvalue weighted by molar-refractivity contribution is 0.466. The number of aromatic nitrogens is 1. The summed E-state index contributed by atoms with van der Waals surface area (Å²) in [5, 5.41) is 0. The highest BCUT2D eigenvalue weighted by atomic mass is 32.2. The van der Waals surface area contributed by atoms with E-state index in [-0.39, 0.29) is 4.90 Å². The van der Waals surface area contributed by atoms with Crippen molar-refractivity contribution >= 4 is 15.8 Å². The van der Waals surface area contributed by atoms with Crippen LogP contribution in [0, 0.1) is 0 Å². The van der Waals surface area contributed by atoms with E-state index < -0.39 is 10.0 Å². The number of sulfonamides is 1. The van der Waals surface area contributed by atoms with Crippen molar-refractivity contribution in [3.63, 3.8) is 0 Å². The first kappa shape index (κ1) is 14.4. The minimum absolute atomic E-state index is 0.152. The average molecular weight is 292 g/mol. The van der Waals surface area contributed by atoms with Crippen LogP contribution in [0.15, 0.2) is 53.6 Å². The Labute approximate surface area is 118 Å². The molecule has 0 radical (unpaired) electrons. The molecule has 0 aliphatic carbocycles. The summed E-state index contributed by atoms with van der Waals surface area (Å²) in [4.78, 5) is 4.05. The molecule has 1 aromatic carbocycles. The normalized spacial score (nSPS) is 11.6. The number of nitrogen functional groups attached to an aromatic ring is 1. The zero-order valence-electron chi connectivity index (χ0n) is 11.0. The lowest BCUT2D eigenvalue weighted by Crippen LogP contribution is -2.26. The highest BCUT2D eigenvalue weighted by molar-refractivity contribution is 7.89. The molecule has 2 rings (SSSR count). The summed E-state index contributed by atoms with van der Waals surface area (Å²) in [5.74, 6) is 5.55. The molecule has 0 unspecified atom stereocenters. The number of nitrogens with two attached hydrogens (primary N) is 1. The quantitative estimate of drug-likeness (QED) is 0.638. The van der Waals surface area contributed by atoms with Gasteiger partial charge in [0.05, 0.1) is 4.90 Å². The number of anilines is 1. The summed E-state index contributed by atoms with van der Waals surface area (Å²) in [5.41, 5.74) is 3.26. The molecular weight excluding hydrogens is 276 g/mol. The van der Waals surface area contributed by atoms with Gasteiger partial charge in [-0.15, -0.1) is 0 Å². The summed E-state index contributed by atoms with van der Waals surface area (Å²) < 4.78 is 26.2. The molecular formula is C13H16N4O2S. The number of hydrazine groups is 1. The Morgan fingerprint density at radius 2 is 1.95 bits per heavy atom. The molecule has 20 heavy (non-hydrogen) atoms. The molecule has 2 aromatic rings. The Morgan fingerprint density at radius 3 is 2.60 bits per heavy atom. The van der Waals surface area contributed by atoms with Crippen LogP contribution in [-0.2, 0) is 16.6 Å². The molecule has 0 bridgehead atoms. The van der Waals surface area contributed by atoms with Crippen LogP contribution in [0.1, 0.15) is 5.56 Å². The fourth-order valence-corrected chi connectivity index (χ4v) is 2.93. The highest BCUT2D eigenvalue weighted by Gasteiger charge is 2.21. The van der Waals surface area contributed by atoms with Gasteiger partial charge in [-0.2, -0.15) is 4.31 Å². The number of hydrogen-bond donors (Lipinski definition) is 2. The van der Waals surface area contributed by atoms with Crippen molar-refractivity contribution in [1.82, 2.24) is 9.29 Å². The van der Waals surface area contributed by atoms with Crippen molar-refractivity contribution < 1.29 is 8.42 Å². The highest BCUT2D eigenvalue weighted by Crippen LogP contribution is 2.18. The van der Waals surface area contributed by atoms with Gasteiger partial charge in [-0.25, -0.2) is 19.2 Å². The van der Waals surface area contributed by atoms with Gasteiger partial charge in [0, 0.05) is 25.9 Å². The number of pyridine rings is 1. The second kappa shape index (κ2) is 6.00. The molecule has 0 amide bonds. The van der Waals surface area contributed by atoms with E-state index in [1.54, 1.807) is 0 Å². The minimum atomic E-state index is -3.57. The first-order valence-corrected chi connectivity index (χ1v) is 7.41. The summed E-state index contributed by atoms with van der Waals surface area (Å²) >= 11 is 0. The zero-order valence-corrected chi connectivity index (χ0v) is 11.8. The largest absolute Gasteiger partial charge is 0.308 e. The smallest absolute Gasteiger partial charge is 0.243 e. The maximum Gasteiger partial charge on any atom is 0.243 e. The molecule has 1 heterocycles. The van der Waals surface area contributed by atoms with Crippen molar-refractivity contribution in [2.24, 2.45) is 5.84 Å². The van der Waals surface area contributed by atoms with Gasteiger partial charge in [0.15, 0.2) is 0 Å². The van der Waals surface area contributed by atoms with Crippen molar-refractivity contribution in [2.45, 2.75) is 11.4 Å². The van der Waals surface area contributed by atoms with Gasteiger partial charge in [-0.05, 0) is 11.6 Å². The van der Waals surface area contributed by atoms with Gasteiger partial charge in [0.25, 0.3) is 0 Å². The van der Waals surface area contributed by atoms with Gasteiger partial charge >= 0.3 is 0 Å². The van der Waals surface area contributed by atoms with Crippen molar-refractivity contribution in [1.29, 1.82) is 0 Å². The van der Waals surface area contributed by atoms with Crippen LogP contribution in [0.25, 0.3) is 0 Å². The maximum absolute atomic E-state index is 12.4. The lowest BCUT2D eigenvalue weighted by atomic mass is 10.2. The summed E-state index contributed by atoms with van der Waals surface area (Å²) in [7, 11) is -2.03. The third kappa shape index (κ3) is 3.13. The SMILES string of the molecule is CN(Cc1ccccc1)S(=O)(=O)c1ccnc(NN)c1. The molecule has 0 aliphatic heterocycles. The van der Waals surface area contributed by atoms with Gasteiger partial charge in [-0.3, -0.25) is 0 Å². The number of nitrogens with one attached hydrogen (secondary N) is 1. The van der Waals surface area contributed by atoms with Gasteiger partial charge in [0.2, 0.25) is 10.0 Å². The topological polar surface area (TPSA) is 88.3 Å². The van der Waals surface area contributed by atoms with Gasteiger partial charge in [-0.1, -0.05) is 30.3 Å². The predicted octanol–water partition coefficient (Wildman–Crippen LogP) is 1.19. The monoisotopic (exact) mass is 292 g/mol. The molecule has 7 heteroatoms. The molecule has 0 fully saturated rings. The Balaban J connectivity index is 2.25. The molecule has 106 valence electrons. The van der Waals surface area contributed by atoms with E-state index in [2.05, 4.69) is 10.4 Å². The van der Waals surface area contributed by atoms with Crippen LogP contribution < -0.4 is 11.3 Å². The van der Waals surface area contributed by atoms with E-state index in [0.29, 0.717) is 12.4 Å². The number of nitrogens with zero attached hydrogens (tertiary/aromatic N) is 2. The Kier molecular flexibility index (Phi) is 4.33. The fraction of sp³-hybridized carbons (Fsp3) is 0.154. The van der Waals surface area contributed by atoms with Crippen LogP contribution in [-0.4, -0.2) is 24.8 Å². The summed E-state index contributed by atoms with van der Waals surface area (Å²) in [6, 6.07) is 12.2. The van der Waals surface area contributed by atoms with E-state index in [1.165, 1.54) is 29.7 Å². The van der Waals surface area contributed by atoms with E-state index in [1.807, 2.05) is 30.3 Å². The summed E-state index contributed by atoms with van der Waals surface area (Å²) in [6.45, 7) is 0.302. The molecule has 1 aromatic heterocycles. The molecule has 0 aliphatic rings. The van der Waals surface area contributed by atoms with Gasteiger partial charge < -0.3 is 5.43 Å². The van der Waals surface area contributed by atoms with Crippen molar-refractivity contribution in [3.05, 3.63) is 54.2 Å². The lowest BCUT2D eigenvalue weighted by Gasteiger charge is -2.17. The van der Waals surface area contributed by atoms with Crippen LogP contribution in [0.3, 0.4) is 0 Å². The predicted molar refractivity (Wildman–Crippen MR) is 77.1 cm³/mol. The summed E-state index contributed by atoms with van der Waals surface area (Å²) in [6.07, 6.45) is 1.40. The maximum atomic E-state index is 12.4.